The Hall–Kier alpha value is -0.361. The van der Waals surface area contributed by atoms with E-state index in [1.54, 1.807) is 0 Å². The van der Waals surface area contributed by atoms with Gasteiger partial charge in [0.2, 0.25) is 0 Å². The van der Waals surface area contributed by atoms with Crippen LogP contribution in [0.1, 0.15) is 13.8 Å². The second-order valence-electron chi connectivity index (χ2n) is 1.69. The first-order chi connectivity index (χ1) is 5.29. The van der Waals surface area contributed by atoms with Crippen molar-refractivity contribution >= 4 is 47.1 Å². The fourth-order valence-corrected chi connectivity index (χ4v) is 0. The molecule has 0 aliphatic carbocycles. The number of hydrogen-bond donors (Lipinski definition) is 0. The number of ketones is 2. The van der Waals surface area contributed by atoms with Crippen LogP contribution >= 0.6 is 0 Å². The van der Waals surface area contributed by atoms with Crippen molar-refractivity contribution in [3.05, 3.63) is 0 Å². The molecule has 0 saturated carbocycles. The Labute approximate surface area is 97.1 Å². The number of rotatable bonds is 2. The third-order valence-corrected chi connectivity index (χ3v) is 1.15. The van der Waals surface area contributed by atoms with E-state index in [4.69, 9.17) is 0 Å². The maximum Gasteiger partial charge on any atom is 2.00 e. The fraction of sp³-hybridized carbons (Fsp3) is 0.333. The molecule has 0 atom stereocenters. The quantitative estimate of drug-likeness (QED) is 0.372. The van der Waals surface area contributed by atoms with Gasteiger partial charge in [0, 0.05) is 13.8 Å². The predicted molar refractivity (Wildman–Crippen MR) is 46.1 cm³/mol. The van der Waals surface area contributed by atoms with Crippen molar-refractivity contribution in [3.63, 3.8) is 0 Å². The Morgan fingerprint density at radius 1 is 0.769 bits per heavy atom. The van der Waals surface area contributed by atoms with E-state index in [0.29, 0.717) is 0 Å². The van der Waals surface area contributed by atoms with Crippen LogP contribution in [-0.2, 0) is 61.5 Å². The summed E-state index contributed by atoms with van der Waals surface area (Å²) in [6, 6.07) is 0. The summed E-state index contributed by atoms with van der Waals surface area (Å²) in [7, 11) is 0. The van der Waals surface area contributed by atoms with Crippen LogP contribution in [0.15, 0.2) is 0 Å². The predicted octanol–water partition coefficient (Wildman–Crippen LogP) is -0.705. The summed E-state index contributed by atoms with van der Waals surface area (Å²) in [5.74, 6) is -1.13. The van der Waals surface area contributed by atoms with E-state index in [1.807, 2.05) is 0 Å². The minimum atomic E-state index is -0.796. The molecule has 0 aromatic carbocycles. The standard InChI is InChI=1S/2C3H4O2S.Fe/c2*1-2(4)3(5)6;/h2*1H3,(H,5,6);/q;;+2/p-2. The maximum absolute atomic E-state index is 9.69. The van der Waals surface area contributed by atoms with Crippen molar-refractivity contribution in [2.75, 3.05) is 0 Å². The van der Waals surface area contributed by atoms with Gasteiger partial charge in [-0.05, 0) is 0 Å². The summed E-state index contributed by atoms with van der Waals surface area (Å²) in [6.45, 7) is 2.30. The second kappa shape index (κ2) is 9.73. The molecular formula is C6H6FeO4S2. The molecule has 13 heavy (non-hydrogen) atoms. The molecule has 0 aliphatic heterocycles. The van der Waals surface area contributed by atoms with Crippen LogP contribution in [0.2, 0.25) is 0 Å². The number of Topliss-reactive ketones (excluding diaryl/α,β-unsaturated/α-hetero) is 2. The van der Waals surface area contributed by atoms with E-state index in [9.17, 15) is 19.2 Å². The molecule has 0 unspecified atom stereocenters. The molecular weight excluding hydrogens is 256 g/mol. The molecule has 0 spiro atoms. The van der Waals surface area contributed by atoms with Gasteiger partial charge in [-0.3, -0.25) is 9.59 Å². The molecule has 0 radical (unpaired) electrons. The maximum atomic E-state index is 9.69. The van der Waals surface area contributed by atoms with Gasteiger partial charge in [-0.25, -0.2) is 0 Å². The average Bonchev–Trinajstić information content (AvgIpc) is 1.88. The SMILES string of the molecule is CC(=O)C(=O)[S-].CC(=O)C(=O)[S-].[Fe+2]. The van der Waals surface area contributed by atoms with E-state index < -0.39 is 21.8 Å². The van der Waals surface area contributed by atoms with Crippen molar-refractivity contribution in [3.8, 4) is 0 Å². The van der Waals surface area contributed by atoms with Gasteiger partial charge in [-0.1, -0.05) is 0 Å². The van der Waals surface area contributed by atoms with Crippen LogP contribution in [0.25, 0.3) is 0 Å². The van der Waals surface area contributed by atoms with Gasteiger partial charge in [-0.2, -0.15) is 0 Å². The van der Waals surface area contributed by atoms with Crippen molar-refractivity contribution in [1.29, 1.82) is 0 Å². The fourth-order valence-electron chi connectivity index (χ4n) is 0. The van der Waals surface area contributed by atoms with Crippen molar-refractivity contribution < 1.29 is 36.2 Å². The molecule has 0 bridgehead atoms. The van der Waals surface area contributed by atoms with Gasteiger partial charge in [0.15, 0.2) is 11.6 Å². The van der Waals surface area contributed by atoms with Crippen LogP contribution in [0.5, 0.6) is 0 Å². The number of carbonyl (C=O) groups excluding carboxylic acids is 4. The summed E-state index contributed by atoms with van der Waals surface area (Å²) in [5, 5.41) is -1.59. The summed E-state index contributed by atoms with van der Waals surface area (Å²) in [4.78, 5) is 38.6. The monoisotopic (exact) mass is 262 g/mol. The van der Waals surface area contributed by atoms with Gasteiger partial charge >= 0.3 is 17.1 Å². The van der Waals surface area contributed by atoms with Crippen molar-refractivity contribution in [1.82, 2.24) is 0 Å². The molecule has 0 fully saturated rings. The van der Waals surface area contributed by atoms with E-state index in [2.05, 4.69) is 25.3 Å². The number of carbonyl (C=O) groups is 4. The van der Waals surface area contributed by atoms with Crippen LogP contribution in [-0.4, -0.2) is 21.8 Å². The molecule has 4 nitrogen and oxygen atoms in total. The minimum absolute atomic E-state index is 0. The Morgan fingerprint density at radius 2 is 0.846 bits per heavy atom. The third-order valence-electron chi connectivity index (χ3n) is 0.575. The first-order valence-electron chi connectivity index (χ1n) is 2.72. The Balaban J connectivity index is -0.000000143. The van der Waals surface area contributed by atoms with Gasteiger partial charge in [0.05, 0.1) is 10.2 Å². The molecule has 0 aromatic rings. The second-order valence-corrected chi connectivity index (χ2v) is 2.43. The summed E-state index contributed by atoms with van der Waals surface area (Å²) >= 11 is 7.83. The van der Waals surface area contributed by atoms with Crippen LogP contribution in [0.3, 0.4) is 0 Å². The van der Waals surface area contributed by atoms with Gasteiger partial charge < -0.3 is 34.8 Å². The molecule has 0 saturated heterocycles. The van der Waals surface area contributed by atoms with Gasteiger partial charge in [0.25, 0.3) is 0 Å². The normalized spacial score (nSPS) is 6.92. The smallest absolute Gasteiger partial charge is 0.734 e. The molecule has 74 valence electrons. The van der Waals surface area contributed by atoms with Gasteiger partial charge in [-0.15, -0.1) is 0 Å². The molecule has 7 heteroatoms. The average molecular weight is 262 g/mol. The minimum Gasteiger partial charge on any atom is -0.734 e. The van der Waals surface area contributed by atoms with E-state index in [-0.39, 0.29) is 17.1 Å². The molecule has 0 aliphatic rings. The zero-order valence-electron chi connectivity index (χ0n) is 6.80. The van der Waals surface area contributed by atoms with E-state index >= 15 is 0 Å². The molecule has 0 aromatic heterocycles. The number of hydrogen-bond acceptors (Lipinski definition) is 6. The summed E-state index contributed by atoms with van der Waals surface area (Å²) in [5.41, 5.74) is 0. The topological polar surface area (TPSA) is 68.3 Å². The van der Waals surface area contributed by atoms with Crippen LogP contribution in [0, 0.1) is 0 Å². The first-order valence-corrected chi connectivity index (χ1v) is 3.54. The Morgan fingerprint density at radius 3 is 0.846 bits per heavy atom. The molecule has 0 rings (SSSR count). The van der Waals surface area contributed by atoms with Crippen LogP contribution in [0.4, 0.5) is 0 Å². The van der Waals surface area contributed by atoms with Crippen molar-refractivity contribution in [2.24, 2.45) is 0 Å². The zero-order valence-corrected chi connectivity index (χ0v) is 9.54. The zero-order chi connectivity index (χ0) is 10.3. The van der Waals surface area contributed by atoms with Crippen LogP contribution < -0.4 is 0 Å². The summed E-state index contributed by atoms with van der Waals surface area (Å²) < 4.78 is 0. The first kappa shape index (κ1) is 18.4. The summed E-state index contributed by atoms with van der Waals surface area (Å²) in [6.07, 6.45) is 0. The Bertz CT molecular complexity index is 179. The van der Waals surface area contributed by atoms with E-state index in [1.165, 1.54) is 0 Å². The van der Waals surface area contributed by atoms with Gasteiger partial charge in [0.1, 0.15) is 0 Å². The molecule has 0 N–H and O–H groups in total. The van der Waals surface area contributed by atoms with E-state index in [0.717, 1.165) is 13.8 Å². The third kappa shape index (κ3) is 18.5. The molecule has 0 heterocycles. The largest absolute Gasteiger partial charge is 2.00 e. The molecule has 0 amide bonds. The Kier molecular flexibility index (Phi) is 13.8. The van der Waals surface area contributed by atoms with Crippen molar-refractivity contribution in [2.45, 2.75) is 13.8 Å².